The molecule has 24 heavy (non-hydrogen) atoms. The van der Waals surface area contributed by atoms with Crippen molar-refractivity contribution in [3.63, 3.8) is 0 Å². The van der Waals surface area contributed by atoms with E-state index in [1.807, 2.05) is 25.8 Å². The molecule has 0 N–H and O–H groups in total. The molecule has 0 unspecified atom stereocenters. The van der Waals surface area contributed by atoms with Crippen LogP contribution in [0.15, 0.2) is 28.5 Å². The van der Waals surface area contributed by atoms with Gasteiger partial charge in [0, 0.05) is 24.1 Å². The van der Waals surface area contributed by atoms with Crippen LogP contribution in [0.2, 0.25) is 0 Å². The van der Waals surface area contributed by atoms with Gasteiger partial charge in [-0.2, -0.15) is 0 Å². The molecule has 0 spiro atoms. The summed E-state index contributed by atoms with van der Waals surface area (Å²) in [6.45, 7) is 9.32. The van der Waals surface area contributed by atoms with Crippen LogP contribution >= 0.6 is 0 Å². The molecule has 1 saturated heterocycles. The Kier molecular flexibility index (Phi) is 5.70. The Morgan fingerprint density at radius 3 is 2.46 bits per heavy atom. The van der Waals surface area contributed by atoms with Crippen LogP contribution in [0.4, 0.5) is 5.69 Å². The van der Waals surface area contributed by atoms with E-state index in [9.17, 15) is 9.59 Å². The normalized spacial score (nSPS) is 15.1. The molecule has 0 radical (unpaired) electrons. The van der Waals surface area contributed by atoms with E-state index in [2.05, 4.69) is 10.3 Å². The van der Waals surface area contributed by atoms with Crippen LogP contribution in [0.3, 0.4) is 0 Å². The smallest absolute Gasteiger partial charge is 0.338 e. The third-order valence-electron chi connectivity index (χ3n) is 3.79. The largest absolute Gasteiger partial charge is 0.462 e. The lowest BCUT2D eigenvalue weighted by Crippen LogP contribution is -2.21. The molecule has 2 rings (SSSR count). The third-order valence-corrected chi connectivity index (χ3v) is 3.79. The van der Waals surface area contributed by atoms with E-state index in [4.69, 9.17) is 4.74 Å². The lowest BCUT2D eigenvalue weighted by molar-refractivity contribution is 0.0526. The van der Waals surface area contributed by atoms with Gasteiger partial charge in [0.25, 0.3) is 0 Å². The summed E-state index contributed by atoms with van der Waals surface area (Å²) in [6.07, 6.45) is 2.21. The number of benzene rings is 1. The maximum atomic E-state index is 12.7. The number of hydrogen-bond acceptors (Lipinski definition) is 5. The zero-order valence-electron chi connectivity index (χ0n) is 14.8. The van der Waals surface area contributed by atoms with Crippen molar-refractivity contribution in [2.45, 2.75) is 40.5 Å². The van der Waals surface area contributed by atoms with E-state index < -0.39 is 11.4 Å². The van der Waals surface area contributed by atoms with Gasteiger partial charge in [0.2, 0.25) is 0 Å². The Balaban J connectivity index is 2.37. The van der Waals surface area contributed by atoms with E-state index >= 15 is 0 Å². The maximum Gasteiger partial charge on any atom is 0.338 e. The van der Waals surface area contributed by atoms with Crippen molar-refractivity contribution in [2.75, 3.05) is 19.7 Å². The Labute approximate surface area is 142 Å². The number of rotatable bonds is 5. The molecule has 0 aliphatic carbocycles. The number of carbonyl (C=O) groups excluding carboxylic acids is 2. The predicted molar refractivity (Wildman–Crippen MR) is 91.5 cm³/mol. The summed E-state index contributed by atoms with van der Waals surface area (Å²) in [5.74, 6) is -0.521. The summed E-state index contributed by atoms with van der Waals surface area (Å²) in [7, 11) is 0. The van der Waals surface area contributed by atoms with Crippen molar-refractivity contribution in [1.29, 1.82) is 0 Å². The molecular weight excluding hydrogens is 306 g/mol. The first-order valence-corrected chi connectivity index (χ1v) is 8.35. The molecule has 0 amide bonds. The van der Waals surface area contributed by atoms with Crippen molar-refractivity contribution in [2.24, 2.45) is 15.8 Å². The second-order valence-corrected chi connectivity index (χ2v) is 6.88. The Morgan fingerprint density at radius 2 is 1.88 bits per heavy atom. The Bertz CT molecular complexity index is 641. The van der Waals surface area contributed by atoms with Crippen LogP contribution in [0.1, 0.15) is 61.3 Å². The fourth-order valence-corrected chi connectivity index (χ4v) is 2.45. The van der Waals surface area contributed by atoms with Gasteiger partial charge < -0.3 is 4.74 Å². The molecule has 130 valence electrons. The van der Waals surface area contributed by atoms with Crippen LogP contribution in [-0.4, -0.2) is 36.5 Å². The van der Waals surface area contributed by atoms with Crippen molar-refractivity contribution in [3.05, 3.63) is 29.3 Å². The summed E-state index contributed by atoms with van der Waals surface area (Å²) < 4.78 is 5.02. The highest BCUT2D eigenvalue weighted by Gasteiger charge is 2.26. The predicted octanol–water partition coefficient (Wildman–Crippen LogP) is 4.19. The number of nitrogens with zero attached hydrogens (tertiary/aromatic N) is 3. The van der Waals surface area contributed by atoms with Gasteiger partial charge in [0.15, 0.2) is 5.78 Å². The molecule has 1 aliphatic heterocycles. The third kappa shape index (κ3) is 4.40. The average molecular weight is 331 g/mol. The van der Waals surface area contributed by atoms with Crippen molar-refractivity contribution in [1.82, 2.24) is 5.01 Å². The van der Waals surface area contributed by atoms with E-state index in [0.29, 0.717) is 16.8 Å². The minimum Gasteiger partial charge on any atom is -0.462 e. The molecule has 0 aromatic heterocycles. The van der Waals surface area contributed by atoms with Gasteiger partial charge in [-0.15, -0.1) is 5.11 Å². The molecule has 1 fully saturated rings. The van der Waals surface area contributed by atoms with E-state index in [-0.39, 0.29) is 12.4 Å². The topological polar surface area (TPSA) is 71.3 Å². The second kappa shape index (κ2) is 7.55. The molecule has 1 aromatic carbocycles. The molecule has 1 aromatic rings. The number of ether oxygens (including phenoxy) is 1. The first kappa shape index (κ1) is 18.1. The molecule has 0 saturated carbocycles. The van der Waals surface area contributed by atoms with Crippen LogP contribution in [0, 0.1) is 5.41 Å². The lowest BCUT2D eigenvalue weighted by Gasteiger charge is -2.18. The minimum atomic E-state index is -0.578. The zero-order valence-corrected chi connectivity index (χ0v) is 14.8. The number of hydrogen-bond donors (Lipinski definition) is 0. The van der Waals surface area contributed by atoms with Crippen molar-refractivity contribution >= 4 is 17.4 Å². The number of esters is 1. The zero-order chi connectivity index (χ0) is 17.7. The fourth-order valence-electron chi connectivity index (χ4n) is 2.45. The Hall–Kier alpha value is -2.24. The summed E-state index contributed by atoms with van der Waals surface area (Å²) >= 11 is 0. The van der Waals surface area contributed by atoms with Crippen LogP contribution in [0.5, 0.6) is 0 Å². The maximum absolute atomic E-state index is 12.7. The number of Topliss-reactive ketones (excluding diaryl/α,β-unsaturated/α-hetero) is 1. The summed E-state index contributed by atoms with van der Waals surface area (Å²) in [5.41, 5.74) is 0.654. The standard InChI is InChI=1S/C18H25N3O3/c1-5-24-17(23)13-8-9-15(19-20-21-10-6-7-11-21)14(12-13)16(22)18(2,3)4/h8-9,12H,5-7,10-11H2,1-4H3. The minimum absolute atomic E-state index is 0.0796. The van der Waals surface area contributed by atoms with Crippen LogP contribution < -0.4 is 0 Å². The molecular formula is C18H25N3O3. The van der Waals surface area contributed by atoms with Crippen molar-refractivity contribution < 1.29 is 14.3 Å². The highest BCUT2D eigenvalue weighted by atomic mass is 16.5. The van der Waals surface area contributed by atoms with Gasteiger partial charge in [-0.1, -0.05) is 26.0 Å². The highest BCUT2D eigenvalue weighted by Crippen LogP contribution is 2.29. The van der Waals surface area contributed by atoms with Crippen LogP contribution in [0.25, 0.3) is 0 Å². The number of carbonyl (C=O) groups is 2. The van der Waals surface area contributed by atoms with Gasteiger partial charge in [-0.05, 0) is 38.0 Å². The van der Waals surface area contributed by atoms with Gasteiger partial charge in [-0.3, -0.25) is 9.80 Å². The fraction of sp³-hybridized carbons (Fsp3) is 0.556. The van der Waals surface area contributed by atoms with E-state index in [0.717, 1.165) is 25.9 Å². The molecule has 1 aliphatic rings. The average Bonchev–Trinajstić information content (AvgIpc) is 3.05. The van der Waals surface area contributed by atoms with Gasteiger partial charge in [-0.25, -0.2) is 4.79 Å². The summed E-state index contributed by atoms with van der Waals surface area (Å²) in [6, 6.07) is 4.84. The molecule has 6 heteroatoms. The van der Waals surface area contributed by atoms with Crippen molar-refractivity contribution in [3.8, 4) is 0 Å². The number of ketones is 1. The second-order valence-electron chi connectivity index (χ2n) is 6.88. The first-order valence-electron chi connectivity index (χ1n) is 8.35. The van der Waals surface area contributed by atoms with Gasteiger partial charge in [0.05, 0.1) is 17.9 Å². The highest BCUT2D eigenvalue weighted by molar-refractivity contribution is 6.05. The Morgan fingerprint density at radius 1 is 1.21 bits per heavy atom. The first-order chi connectivity index (χ1) is 11.3. The summed E-state index contributed by atoms with van der Waals surface area (Å²) in [5, 5.41) is 10.4. The molecule has 6 nitrogen and oxygen atoms in total. The van der Waals surface area contributed by atoms with E-state index in [1.54, 1.807) is 25.1 Å². The quantitative estimate of drug-likeness (QED) is 0.461. The monoisotopic (exact) mass is 331 g/mol. The van der Waals surface area contributed by atoms with E-state index in [1.165, 1.54) is 0 Å². The lowest BCUT2D eigenvalue weighted by atomic mass is 9.85. The summed E-state index contributed by atoms with van der Waals surface area (Å²) in [4.78, 5) is 24.7. The van der Waals surface area contributed by atoms with Gasteiger partial charge >= 0.3 is 5.97 Å². The molecule has 0 bridgehead atoms. The SMILES string of the molecule is CCOC(=O)c1ccc(N=NN2CCCC2)c(C(=O)C(C)(C)C)c1. The van der Waals surface area contributed by atoms with Crippen LogP contribution in [-0.2, 0) is 4.74 Å². The van der Waals surface area contributed by atoms with Gasteiger partial charge in [0.1, 0.15) is 0 Å². The molecule has 1 heterocycles. The molecule has 0 atom stereocenters.